The molecule has 0 saturated carbocycles. The number of nitrogens with one attached hydrogen (secondary N) is 1. The molecule has 0 heterocycles. The fraction of sp³-hybridized carbons (Fsp3) is 0.462. The van der Waals surface area contributed by atoms with E-state index in [0.717, 1.165) is 0 Å². The summed E-state index contributed by atoms with van der Waals surface area (Å²) in [5.41, 5.74) is 6.67. The number of primary sulfonamides is 1. The van der Waals surface area contributed by atoms with E-state index in [1.54, 1.807) is 26.0 Å². The summed E-state index contributed by atoms with van der Waals surface area (Å²) in [4.78, 5) is 11.9. The van der Waals surface area contributed by atoms with Gasteiger partial charge in [-0.3, -0.25) is 4.79 Å². The second-order valence-corrected chi connectivity index (χ2v) is 6.39. The van der Waals surface area contributed by atoms with Crippen LogP contribution in [0.4, 0.5) is 5.69 Å². The predicted octanol–water partition coefficient (Wildman–Crippen LogP) is 1.24. The normalized spacial score (nSPS) is 14.0. The van der Waals surface area contributed by atoms with Gasteiger partial charge in [-0.2, -0.15) is 0 Å². The van der Waals surface area contributed by atoms with E-state index in [1.807, 2.05) is 6.92 Å². The SMILES string of the molecule is CCc1ccc(NC(=O)C(C)C(C)N)cc1S(N)(=O)=O.Cl. The molecule has 1 aromatic rings. The molecular weight excluding hydrogens is 314 g/mol. The van der Waals surface area contributed by atoms with Crippen molar-refractivity contribution in [3.05, 3.63) is 23.8 Å². The molecule has 21 heavy (non-hydrogen) atoms. The minimum atomic E-state index is -3.82. The van der Waals surface area contributed by atoms with E-state index in [4.69, 9.17) is 10.9 Å². The molecule has 1 rings (SSSR count). The highest BCUT2D eigenvalue weighted by atomic mass is 35.5. The summed E-state index contributed by atoms with van der Waals surface area (Å²) < 4.78 is 23.1. The number of amides is 1. The molecule has 0 radical (unpaired) electrons. The van der Waals surface area contributed by atoms with Gasteiger partial charge in [0, 0.05) is 11.7 Å². The van der Waals surface area contributed by atoms with Gasteiger partial charge in [-0.1, -0.05) is 19.9 Å². The fourth-order valence-electron chi connectivity index (χ4n) is 1.68. The number of nitrogens with two attached hydrogens (primary N) is 2. The maximum Gasteiger partial charge on any atom is 0.238 e. The summed E-state index contributed by atoms with van der Waals surface area (Å²) in [5, 5.41) is 7.83. The number of benzene rings is 1. The number of rotatable bonds is 5. The van der Waals surface area contributed by atoms with Gasteiger partial charge in [-0.05, 0) is 31.0 Å². The highest BCUT2D eigenvalue weighted by Crippen LogP contribution is 2.21. The summed E-state index contributed by atoms with van der Waals surface area (Å²) >= 11 is 0. The topological polar surface area (TPSA) is 115 Å². The standard InChI is InChI=1S/C13H21N3O3S.ClH/c1-4-10-5-6-11(7-12(10)20(15,18)19)16-13(17)8(2)9(3)14;/h5-9H,4,14H2,1-3H3,(H,16,17)(H2,15,18,19);1H. The maximum absolute atomic E-state index is 11.9. The Kier molecular flexibility index (Phi) is 7.32. The van der Waals surface area contributed by atoms with Gasteiger partial charge in [-0.15, -0.1) is 12.4 Å². The molecule has 1 aromatic carbocycles. The monoisotopic (exact) mass is 335 g/mol. The number of anilines is 1. The molecule has 0 aliphatic carbocycles. The van der Waals surface area contributed by atoms with Crippen molar-refractivity contribution in [3.63, 3.8) is 0 Å². The van der Waals surface area contributed by atoms with Crippen LogP contribution in [0.1, 0.15) is 26.3 Å². The molecule has 0 aliphatic rings. The molecule has 2 unspecified atom stereocenters. The molecule has 0 saturated heterocycles. The lowest BCUT2D eigenvalue weighted by Gasteiger charge is -2.16. The fourth-order valence-corrected chi connectivity index (χ4v) is 2.55. The quantitative estimate of drug-likeness (QED) is 0.750. The van der Waals surface area contributed by atoms with E-state index in [2.05, 4.69) is 5.32 Å². The minimum Gasteiger partial charge on any atom is -0.327 e. The largest absolute Gasteiger partial charge is 0.327 e. The Morgan fingerprint density at radius 1 is 1.33 bits per heavy atom. The average Bonchev–Trinajstić information content (AvgIpc) is 2.36. The molecule has 120 valence electrons. The van der Waals surface area contributed by atoms with Gasteiger partial charge in [0.1, 0.15) is 0 Å². The van der Waals surface area contributed by atoms with Gasteiger partial charge in [0.05, 0.1) is 10.8 Å². The van der Waals surface area contributed by atoms with E-state index >= 15 is 0 Å². The van der Waals surface area contributed by atoms with Crippen LogP contribution in [0.3, 0.4) is 0 Å². The molecule has 8 heteroatoms. The highest BCUT2D eigenvalue weighted by molar-refractivity contribution is 7.89. The van der Waals surface area contributed by atoms with Crippen LogP contribution in [0, 0.1) is 5.92 Å². The predicted molar refractivity (Wildman–Crippen MR) is 85.9 cm³/mol. The Labute approximate surface area is 131 Å². The van der Waals surface area contributed by atoms with Crippen LogP contribution in [0.5, 0.6) is 0 Å². The Bertz CT molecular complexity index is 603. The summed E-state index contributed by atoms with van der Waals surface area (Å²) in [6.07, 6.45) is 0.538. The van der Waals surface area contributed by atoms with E-state index in [1.165, 1.54) is 6.07 Å². The molecular formula is C13H22ClN3O3S. The number of carbonyl (C=O) groups excluding carboxylic acids is 1. The third-order valence-corrected chi connectivity index (χ3v) is 4.22. The van der Waals surface area contributed by atoms with Crippen molar-refractivity contribution in [2.24, 2.45) is 16.8 Å². The number of carbonyl (C=O) groups is 1. The van der Waals surface area contributed by atoms with Crippen LogP contribution in [-0.4, -0.2) is 20.4 Å². The number of sulfonamides is 1. The first-order chi connectivity index (χ1) is 9.16. The second-order valence-electron chi connectivity index (χ2n) is 4.86. The van der Waals surface area contributed by atoms with Crippen molar-refractivity contribution < 1.29 is 13.2 Å². The molecule has 0 fully saturated rings. The van der Waals surface area contributed by atoms with Crippen molar-refractivity contribution in [3.8, 4) is 0 Å². The maximum atomic E-state index is 11.9. The summed E-state index contributed by atoms with van der Waals surface area (Å²) in [5.74, 6) is -0.636. The highest BCUT2D eigenvalue weighted by Gasteiger charge is 2.19. The minimum absolute atomic E-state index is 0. The average molecular weight is 336 g/mol. The molecule has 2 atom stereocenters. The molecule has 0 aliphatic heterocycles. The van der Waals surface area contributed by atoms with Gasteiger partial charge < -0.3 is 11.1 Å². The van der Waals surface area contributed by atoms with Crippen LogP contribution in [0.2, 0.25) is 0 Å². The Hall–Kier alpha value is -1.15. The lowest BCUT2D eigenvalue weighted by Crippen LogP contribution is -2.34. The first-order valence-corrected chi connectivity index (χ1v) is 7.93. The summed E-state index contributed by atoms with van der Waals surface area (Å²) in [6.45, 7) is 5.28. The molecule has 0 spiro atoms. The summed E-state index contributed by atoms with van der Waals surface area (Å²) in [6, 6.07) is 4.38. The van der Waals surface area contributed by atoms with Crippen LogP contribution in [0.15, 0.2) is 23.1 Å². The smallest absolute Gasteiger partial charge is 0.238 e. The number of halogens is 1. The van der Waals surface area contributed by atoms with E-state index < -0.39 is 10.0 Å². The molecule has 0 aromatic heterocycles. The summed E-state index contributed by atoms with van der Waals surface area (Å²) in [7, 11) is -3.82. The first kappa shape index (κ1) is 19.9. The Balaban J connectivity index is 0.00000400. The zero-order valence-corrected chi connectivity index (χ0v) is 13.9. The van der Waals surface area contributed by atoms with Gasteiger partial charge in [0.25, 0.3) is 0 Å². The zero-order chi connectivity index (χ0) is 15.5. The van der Waals surface area contributed by atoms with Crippen molar-refractivity contribution in [1.29, 1.82) is 0 Å². The van der Waals surface area contributed by atoms with Gasteiger partial charge >= 0.3 is 0 Å². The number of hydrogen-bond acceptors (Lipinski definition) is 4. The lowest BCUT2D eigenvalue weighted by molar-refractivity contribution is -0.119. The van der Waals surface area contributed by atoms with Crippen LogP contribution in [0.25, 0.3) is 0 Å². The molecule has 0 bridgehead atoms. The van der Waals surface area contributed by atoms with Gasteiger partial charge in [-0.25, -0.2) is 13.6 Å². The number of hydrogen-bond donors (Lipinski definition) is 3. The molecule has 1 amide bonds. The molecule has 5 N–H and O–H groups in total. The van der Waals surface area contributed by atoms with Crippen molar-refractivity contribution in [2.45, 2.75) is 38.1 Å². The van der Waals surface area contributed by atoms with Crippen LogP contribution < -0.4 is 16.2 Å². The van der Waals surface area contributed by atoms with Crippen molar-refractivity contribution in [2.75, 3.05) is 5.32 Å². The van der Waals surface area contributed by atoms with E-state index in [9.17, 15) is 13.2 Å². The third kappa shape index (κ3) is 5.28. The number of aryl methyl sites for hydroxylation is 1. The van der Waals surface area contributed by atoms with E-state index in [-0.39, 0.29) is 35.2 Å². The second kappa shape index (κ2) is 7.74. The molecule has 6 nitrogen and oxygen atoms in total. The van der Waals surface area contributed by atoms with Crippen LogP contribution >= 0.6 is 12.4 Å². The Morgan fingerprint density at radius 2 is 1.90 bits per heavy atom. The van der Waals surface area contributed by atoms with Crippen molar-refractivity contribution in [1.82, 2.24) is 0 Å². The Morgan fingerprint density at radius 3 is 2.33 bits per heavy atom. The van der Waals surface area contributed by atoms with Crippen molar-refractivity contribution >= 4 is 34.0 Å². The first-order valence-electron chi connectivity index (χ1n) is 6.39. The lowest BCUT2D eigenvalue weighted by atomic mass is 10.0. The zero-order valence-electron chi connectivity index (χ0n) is 12.3. The third-order valence-electron chi connectivity index (χ3n) is 3.22. The van der Waals surface area contributed by atoms with Crippen LogP contribution in [-0.2, 0) is 21.2 Å². The van der Waals surface area contributed by atoms with E-state index in [0.29, 0.717) is 17.7 Å². The van der Waals surface area contributed by atoms with Gasteiger partial charge in [0.15, 0.2) is 0 Å². The van der Waals surface area contributed by atoms with Gasteiger partial charge in [0.2, 0.25) is 15.9 Å².